The molecule has 2 aromatic rings. The second-order valence-corrected chi connectivity index (χ2v) is 6.43. The molecule has 1 aromatic carbocycles. The van der Waals surface area contributed by atoms with Crippen LogP contribution in [-0.2, 0) is 0 Å². The molecule has 6 nitrogen and oxygen atoms in total. The molecule has 3 N–H and O–H groups in total. The van der Waals surface area contributed by atoms with E-state index >= 15 is 0 Å². The maximum absolute atomic E-state index is 11.6. The first-order valence-electron chi connectivity index (χ1n) is 7.94. The third-order valence-corrected chi connectivity index (χ3v) is 4.38. The van der Waals surface area contributed by atoms with Crippen LogP contribution in [0.3, 0.4) is 0 Å². The van der Waals surface area contributed by atoms with Crippen LogP contribution in [-0.4, -0.2) is 35.2 Å². The van der Waals surface area contributed by atoms with Crippen molar-refractivity contribution < 1.29 is 4.79 Å². The molecule has 0 radical (unpaired) electrons. The lowest BCUT2D eigenvalue weighted by Crippen LogP contribution is -2.40. The first-order chi connectivity index (χ1) is 11.5. The van der Waals surface area contributed by atoms with Gasteiger partial charge in [-0.05, 0) is 43.5 Å². The fourth-order valence-electron chi connectivity index (χ4n) is 2.98. The third-order valence-electron chi connectivity index (χ3n) is 4.19. The molecule has 0 saturated carbocycles. The highest BCUT2D eigenvalue weighted by Gasteiger charge is 2.24. The number of nitrogens with one attached hydrogen (secondary N) is 1. The Morgan fingerprint density at radius 3 is 2.71 bits per heavy atom. The van der Waals surface area contributed by atoms with Crippen LogP contribution in [0.2, 0.25) is 5.15 Å². The fraction of sp³-hybridized carbons (Fsp3) is 0.353. The number of amides is 1. The highest BCUT2D eigenvalue weighted by Crippen LogP contribution is 2.24. The Morgan fingerprint density at radius 1 is 1.29 bits per heavy atom. The summed E-state index contributed by atoms with van der Waals surface area (Å²) >= 11 is 5.82. The van der Waals surface area contributed by atoms with Gasteiger partial charge in [-0.1, -0.05) is 23.7 Å². The van der Waals surface area contributed by atoms with Gasteiger partial charge < -0.3 is 16.0 Å². The van der Waals surface area contributed by atoms with E-state index < -0.39 is 5.91 Å². The highest BCUT2D eigenvalue weighted by atomic mass is 35.5. The quantitative estimate of drug-likeness (QED) is 0.889. The van der Waals surface area contributed by atoms with E-state index in [0.717, 1.165) is 31.6 Å². The number of primary amides is 1. The zero-order valence-electron chi connectivity index (χ0n) is 13.5. The number of carbonyl (C=O) groups is 1. The van der Waals surface area contributed by atoms with Crippen LogP contribution in [0.25, 0.3) is 0 Å². The zero-order chi connectivity index (χ0) is 17.1. The largest absolute Gasteiger partial charge is 0.382 e. The molecular formula is C17H20ClN5O. The third kappa shape index (κ3) is 3.76. The molecule has 1 aliphatic rings. The van der Waals surface area contributed by atoms with E-state index in [1.165, 1.54) is 11.6 Å². The maximum Gasteiger partial charge on any atom is 0.252 e. The van der Waals surface area contributed by atoms with Gasteiger partial charge in [-0.2, -0.15) is 0 Å². The predicted molar refractivity (Wildman–Crippen MR) is 95.6 cm³/mol. The van der Waals surface area contributed by atoms with Crippen molar-refractivity contribution in [2.45, 2.75) is 25.8 Å². The van der Waals surface area contributed by atoms with Crippen molar-refractivity contribution in [3.05, 3.63) is 46.6 Å². The molecule has 0 aliphatic carbocycles. The minimum Gasteiger partial charge on any atom is -0.382 e. The summed E-state index contributed by atoms with van der Waals surface area (Å²) in [6, 6.07) is 10.2. The van der Waals surface area contributed by atoms with Crippen molar-refractivity contribution in [2.75, 3.05) is 23.3 Å². The predicted octanol–water partition coefficient (Wildman–Crippen LogP) is 2.62. The number of nitrogens with two attached hydrogens (primary N) is 1. The van der Waals surface area contributed by atoms with Crippen LogP contribution in [0.1, 0.15) is 28.8 Å². The monoisotopic (exact) mass is 345 g/mol. The Labute approximate surface area is 146 Å². The number of nitrogens with zero attached hydrogens (tertiary/aromatic N) is 3. The second kappa shape index (κ2) is 7.05. The Morgan fingerprint density at radius 2 is 2.04 bits per heavy atom. The van der Waals surface area contributed by atoms with Crippen LogP contribution >= 0.6 is 11.6 Å². The zero-order valence-corrected chi connectivity index (χ0v) is 14.3. The summed E-state index contributed by atoms with van der Waals surface area (Å²) in [7, 11) is 0. The van der Waals surface area contributed by atoms with Crippen molar-refractivity contribution in [3.63, 3.8) is 0 Å². The number of aryl methyl sites for hydroxylation is 1. The molecule has 1 saturated heterocycles. The van der Waals surface area contributed by atoms with E-state index in [-0.39, 0.29) is 5.15 Å². The first-order valence-corrected chi connectivity index (χ1v) is 8.32. The number of hydrogen-bond acceptors (Lipinski definition) is 5. The summed E-state index contributed by atoms with van der Waals surface area (Å²) in [5.74, 6) is -0.0253. The van der Waals surface area contributed by atoms with E-state index in [4.69, 9.17) is 17.3 Å². The molecule has 0 atom stereocenters. The number of halogens is 1. The van der Waals surface area contributed by atoms with E-state index in [1.807, 2.05) is 4.90 Å². The van der Waals surface area contributed by atoms with Crippen molar-refractivity contribution in [3.8, 4) is 0 Å². The van der Waals surface area contributed by atoms with Gasteiger partial charge in [0.25, 0.3) is 5.91 Å². The minimum atomic E-state index is -0.540. The molecule has 0 unspecified atom stereocenters. The van der Waals surface area contributed by atoms with Crippen LogP contribution in [0, 0.1) is 6.92 Å². The summed E-state index contributed by atoms with van der Waals surface area (Å²) in [6.07, 6.45) is 1.88. The van der Waals surface area contributed by atoms with Gasteiger partial charge in [0.2, 0.25) is 0 Å². The molecule has 1 fully saturated rings. The standard InChI is InChI=1S/C17H20ClN5O/c1-11-3-2-4-13(9-11)20-12-5-7-23(8-6-12)17-14(16(19)24)10-15(18)21-22-17/h2-4,9-10,12,20H,5-8H2,1H3,(H2,19,24). The average molecular weight is 346 g/mol. The van der Waals surface area contributed by atoms with Crippen LogP contribution in [0.15, 0.2) is 30.3 Å². The van der Waals surface area contributed by atoms with Gasteiger partial charge in [-0.25, -0.2) is 0 Å². The number of carbonyl (C=O) groups excluding carboxylic acids is 1. The molecular weight excluding hydrogens is 326 g/mol. The summed E-state index contributed by atoms with van der Waals surface area (Å²) in [4.78, 5) is 13.7. The Bertz CT molecular complexity index is 744. The lowest BCUT2D eigenvalue weighted by Gasteiger charge is -2.34. The van der Waals surface area contributed by atoms with Gasteiger partial charge in [0.1, 0.15) is 0 Å². The number of piperidine rings is 1. The van der Waals surface area contributed by atoms with Gasteiger partial charge in [0.05, 0.1) is 5.56 Å². The fourth-order valence-corrected chi connectivity index (χ4v) is 3.13. The molecule has 126 valence electrons. The topological polar surface area (TPSA) is 84.1 Å². The number of benzene rings is 1. The molecule has 1 aromatic heterocycles. The molecule has 7 heteroatoms. The molecule has 0 spiro atoms. The molecule has 1 amide bonds. The van der Waals surface area contributed by atoms with E-state index in [1.54, 1.807) is 0 Å². The van der Waals surface area contributed by atoms with Crippen LogP contribution in [0.5, 0.6) is 0 Å². The van der Waals surface area contributed by atoms with Gasteiger partial charge >= 0.3 is 0 Å². The van der Waals surface area contributed by atoms with Crippen LogP contribution in [0.4, 0.5) is 11.5 Å². The molecule has 2 heterocycles. The first kappa shape index (κ1) is 16.5. The summed E-state index contributed by atoms with van der Waals surface area (Å²) in [6.45, 7) is 3.64. The van der Waals surface area contributed by atoms with Gasteiger partial charge in [-0.15, -0.1) is 10.2 Å². The minimum absolute atomic E-state index is 0.170. The Balaban J connectivity index is 1.66. The summed E-state index contributed by atoms with van der Waals surface area (Å²) in [5, 5.41) is 11.6. The lowest BCUT2D eigenvalue weighted by atomic mass is 10.0. The average Bonchev–Trinajstić information content (AvgIpc) is 2.56. The van der Waals surface area contributed by atoms with Crippen molar-refractivity contribution in [1.82, 2.24) is 10.2 Å². The smallest absolute Gasteiger partial charge is 0.252 e. The SMILES string of the molecule is Cc1cccc(NC2CCN(c3nnc(Cl)cc3C(N)=O)CC2)c1. The van der Waals surface area contributed by atoms with E-state index in [2.05, 4.69) is 46.7 Å². The van der Waals surface area contributed by atoms with Crippen LogP contribution < -0.4 is 16.0 Å². The maximum atomic E-state index is 11.6. The van der Waals surface area contributed by atoms with Crippen molar-refractivity contribution in [2.24, 2.45) is 5.73 Å². The van der Waals surface area contributed by atoms with Gasteiger partial charge in [0, 0.05) is 24.8 Å². The van der Waals surface area contributed by atoms with Crippen molar-refractivity contribution >= 4 is 29.0 Å². The molecule has 1 aliphatic heterocycles. The summed E-state index contributed by atoms with van der Waals surface area (Å²) < 4.78 is 0. The highest BCUT2D eigenvalue weighted by molar-refractivity contribution is 6.29. The number of hydrogen-bond donors (Lipinski definition) is 2. The van der Waals surface area contributed by atoms with Gasteiger partial charge in [0.15, 0.2) is 11.0 Å². The molecule has 3 rings (SSSR count). The second-order valence-electron chi connectivity index (χ2n) is 6.04. The van der Waals surface area contributed by atoms with E-state index in [0.29, 0.717) is 17.4 Å². The van der Waals surface area contributed by atoms with E-state index in [9.17, 15) is 4.79 Å². The summed E-state index contributed by atoms with van der Waals surface area (Å²) in [5.41, 5.74) is 8.12. The normalized spacial score (nSPS) is 15.3. The Kier molecular flexibility index (Phi) is 4.85. The van der Waals surface area contributed by atoms with Crippen molar-refractivity contribution in [1.29, 1.82) is 0 Å². The molecule has 24 heavy (non-hydrogen) atoms. The Hall–Kier alpha value is -2.34. The lowest BCUT2D eigenvalue weighted by molar-refractivity contribution is 0.1000. The van der Waals surface area contributed by atoms with Gasteiger partial charge in [-0.3, -0.25) is 4.79 Å². The molecule has 0 bridgehead atoms. The number of anilines is 2. The number of aromatic nitrogens is 2. The number of rotatable bonds is 4.